The molecule has 0 aliphatic carbocycles. The number of carbonyl (C=O) groups is 2. The Hall–Kier alpha value is -4.15. The molecular weight excluding hydrogens is 426 g/mol. The van der Waals surface area contributed by atoms with E-state index in [-0.39, 0.29) is 37.3 Å². The number of benzene rings is 1. The van der Waals surface area contributed by atoms with Gasteiger partial charge in [0.1, 0.15) is 18.9 Å². The fourth-order valence-electron chi connectivity index (χ4n) is 2.74. The molecule has 0 aliphatic heterocycles. The third-order valence-electron chi connectivity index (χ3n) is 4.58. The van der Waals surface area contributed by atoms with Crippen molar-refractivity contribution >= 4 is 23.5 Å². The van der Waals surface area contributed by atoms with E-state index >= 15 is 0 Å². The lowest BCUT2D eigenvalue weighted by atomic mass is 10.2. The number of rotatable bonds is 11. The largest absolute Gasteiger partial charge is 0.492 e. The van der Waals surface area contributed by atoms with Crippen LogP contribution in [0.2, 0.25) is 0 Å². The molecule has 33 heavy (non-hydrogen) atoms. The lowest BCUT2D eigenvalue weighted by Crippen LogP contribution is -2.33. The maximum Gasteiger partial charge on any atom is 0.244 e. The van der Waals surface area contributed by atoms with Crippen molar-refractivity contribution in [2.75, 3.05) is 37.9 Å². The van der Waals surface area contributed by atoms with E-state index < -0.39 is 0 Å². The minimum absolute atomic E-state index is 0.0507. The maximum absolute atomic E-state index is 12.4. The molecule has 0 atom stereocenters. The number of nitrogen functional groups attached to an aromatic ring is 1. The number of aryl methyl sites for hydroxylation is 1. The highest BCUT2D eigenvalue weighted by molar-refractivity contribution is 5.90. The predicted octanol–water partition coefficient (Wildman–Crippen LogP) is 1.51. The summed E-state index contributed by atoms with van der Waals surface area (Å²) in [6, 6.07) is 9.30. The van der Waals surface area contributed by atoms with Gasteiger partial charge in [-0.1, -0.05) is 17.7 Å². The number of likely N-dealkylation sites (N-methyl/N-ethyl adjacent to an activating group) is 1. The van der Waals surface area contributed by atoms with Crippen LogP contribution in [0.3, 0.4) is 0 Å². The van der Waals surface area contributed by atoms with E-state index in [4.69, 9.17) is 15.2 Å². The summed E-state index contributed by atoms with van der Waals surface area (Å²) in [6.45, 7) is 3.01. The summed E-state index contributed by atoms with van der Waals surface area (Å²) < 4.78 is 12.5. The van der Waals surface area contributed by atoms with Crippen molar-refractivity contribution in [1.82, 2.24) is 24.6 Å². The molecular formula is C22H27N7O4. The molecule has 0 fully saturated rings. The standard InChI is InChI=1S/C22H27N7O4/c1-16-3-5-18(6-4-16)32-12-10-28(2)21(31)15-29-14-17(13-25-29)26-19(30)8-11-33-20-7-9-24-22(23)27-20/h3-7,9,13-14H,8,10-12,15H2,1-2H3,(H,26,30)(H2,23,24,27). The summed E-state index contributed by atoms with van der Waals surface area (Å²) >= 11 is 0. The zero-order valence-corrected chi connectivity index (χ0v) is 18.6. The molecule has 3 aromatic rings. The molecule has 3 N–H and O–H groups in total. The van der Waals surface area contributed by atoms with Gasteiger partial charge in [0.15, 0.2) is 0 Å². The quantitative estimate of drug-likeness (QED) is 0.446. The van der Waals surface area contributed by atoms with Gasteiger partial charge >= 0.3 is 0 Å². The number of hydrogen-bond acceptors (Lipinski definition) is 8. The molecule has 0 unspecified atom stereocenters. The van der Waals surface area contributed by atoms with Gasteiger partial charge in [0.2, 0.25) is 23.6 Å². The number of amides is 2. The second kappa shape index (κ2) is 11.5. The first kappa shape index (κ1) is 23.5. The van der Waals surface area contributed by atoms with Gasteiger partial charge in [-0.05, 0) is 19.1 Å². The molecule has 2 heterocycles. The first-order chi connectivity index (χ1) is 15.9. The fraction of sp³-hybridized carbons (Fsp3) is 0.318. The first-order valence-electron chi connectivity index (χ1n) is 10.4. The van der Waals surface area contributed by atoms with Crippen molar-refractivity contribution in [2.45, 2.75) is 19.9 Å². The van der Waals surface area contributed by atoms with Crippen molar-refractivity contribution in [3.63, 3.8) is 0 Å². The van der Waals surface area contributed by atoms with E-state index in [0.717, 1.165) is 11.3 Å². The zero-order chi connectivity index (χ0) is 23.6. The van der Waals surface area contributed by atoms with E-state index in [1.54, 1.807) is 24.2 Å². The van der Waals surface area contributed by atoms with E-state index in [0.29, 0.717) is 24.7 Å². The lowest BCUT2D eigenvalue weighted by Gasteiger charge is -2.17. The van der Waals surface area contributed by atoms with Crippen LogP contribution in [0.25, 0.3) is 0 Å². The number of nitrogens with zero attached hydrogens (tertiary/aromatic N) is 5. The Bertz CT molecular complexity index is 1070. The number of nitrogens with one attached hydrogen (secondary N) is 1. The van der Waals surface area contributed by atoms with Gasteiger partial charge in [0.05, 0.1) is 31.5 Å². The number of anilines is 2. The summed E-state index contributed by atoms with van der Waals surface area (Å²) in [6.07, 6.45) is 4.66. The van der Waals surface area contributed by atoms with Crippen molar-refractivity contribution in [3.8, 4) is 11.6 Å². The second-order valence-corrected chi connectivity index (χ2v) is 7.30. The molecule has 0 saturated heterocycles. The van der Waals surface area contributed by atoms with Gasteiger partial charge in [0.25, 0.3) is 0 Å². The summed E-state index contributed by atoms with van der Waals surface area (Å²) in [5.41, 5.74) is 7.12. The predicted molar refractivity (Wildman–Crippen MR) is 122 cm³/mol. The molecule has 2 amide bonds. The summed E-state index contributed by atoms with van der Waals surface area (Å²) in [5, 5.41) is 6.84. The summed E-state index contributed by atoms with van der Waals surface area (Å²) in [5.74, 6) is 0.785. The fourth-order valence-corrected chi connectivity index (χ4v) is 2.74. The van der Waals surface area contributed by atoms with Gasteiger partial charge < -0.3 is 25.4 Å². The van der Waals surface area contributed by atoms with Crippen LogP contribution in [0.5, 0.6) is 11.6 Å². The minimum Gasteiger partial charge on any atom is -0.492 e. The molecule has 3 rings (SSSR count). The van der Waals surface area contributed by atoms with Gasteiger partial charge in [-0.25, -0.2) is 4.98 Å². The number of hydrogen-bond donors (Lipinski definition) is 2. The van der Waals surface area contributed by atoms with Crippen LogP contribution in [0.4, 0.5) is 11.6 Å². The molecule has 2 aromatic heterocycles. The van der Waals surface area contributed by atoms with Gasteiger partial charge in [0, 0.05) is 25.5 Å². The van der Waals surface area contributed by atoms with Crippen molar-refractivity contribution in [1.29, 1.82) is 0 Å². The highest BCUT2D eigenvalue weighted by Gasteiger charge is 2.12. The Morgan fingerprint density at radius 1 is 1.15 bits per heavy atom. The Morgan fingerprint density at radius 2 is 1.94 bits per heavy atom. The number of aromatic nitrogens is 4. The maximum atomic E-state index is 12.4. The summed E-state index contributed by atoms with van der Waals surface area (Å²) in [7, 11) is 1.71. The highest BCUT2D eigenvalue weighted by atomic mass is 16.5. The molecule has 174 valence electrons. The number of carbonyl (C=O) groups excluding carboxylic acids is 2. The Kier molecular flexibility index (Phi) is 8.17. The Morgan fingerprint density at radius 3 is 2.70 bits per heavy atom. The van der Waals surface area contributed by atoms with E-state index in [2.05, 4.69) is 20.4 Å². The molecule has 0 saturated carbocycles. The zero-order valence-electron chi connectivity index (χ0n) is 18.6. The normalized spacial score (nSPS) is 10.5. The Labute approximate surface area is 191 Å². The van der Waals surface area contributed by atoms with Crippen LogP contribution in [0, 0.1) is 6.92 Å². The van der Waals surface area contributed by atoms with Crippen molar-refractivity contribution in [2.24, 2.45) is 0 Å². The monoisotopic (exact) mass is 453 g/mol. The molecule has 11 nitrogen and oxygen atoms in total. The average Bonchev–Trinajstić information content (AvgIpc) is 3.21. The smallest absolute Gasteiger partial charge is 0.244 e. The minimum atomic E-state index is -0.256. The lowest BCUT2D eigenvalue weighted by molar-refractivity contribution is -0.131. The SMILES string of the molecule is Cc1ccc(OCCN(C)C(=O)Cn2cc(NC(=O)CCOc3ccnc(N)n3)cn2)cc1. The molecule has 1 aromatic carbocycles. The van der Waals surface area contributed by atoms with Crippen LogP contribution >= 0.6 is 0 Å². The highest BCUT2D eigenvalue weighted by Crippen LogP contribution is 2.11. The number of ether oxygens (including phenoxy) is 2. The summed E-state index contributed by atoms with van der Waals surface area (Å²) in [4.78, 5) is 33.7. The molecule has 11 heteroatoms. The van der Waals surface area contributed by atoms with Crippen LogP contribution in [-0.2, 0) is 16.1 Å². The van der Waals surface area contributed by atoms with Crippen LogP contribution in [0.1, 0.15) is 12.0 Å². The molecule has 0 bridgehead atoms. The molecule has 0 spiro atoms. The molecule has 0 aliphatic rings. The van der Waals surface area contributed by atoms with Crippen LogP contribution in [0.15, 0.2) is 48.9 Å². The average molecular weight is 454 g/mol. The van der Waals surface area contributed by atoms with Gasteiger partial charge in [-0.15, -0.1) is 0 Å². The van der Waals surface area contributed by atoms with E-state index in [9.17, 15) is 9.59 Å². The van der Waals surface area contributed by atoms with Crippen LogP contribution < -0.4 is 20.5 Å². The second-order valence-electron chi connectivity index (χ2n) is 7.30. The van der Waals surface area contributed by atoms with Crippen molar-refractivity contribution < 1.29 is 19.1 Å². The third kappa shape index (κ3) is 7.80. The Balaban J connectivity index is 1.36. The first-order valence-corrected chi connectivity index (χ1v) is 10.4. The van der Waals surface area contributed by atoms with Gasteiger partial charge in [-0.3, -0.25) is 14.3 Å². The van der Waals surface area contributed by atoms with Crippen LogP contribution in [-0.4, -0.2) is 63.3 Å². The topological polar surface area (TPSA) is 137 Å². The van der Waals surface area contributed by atoms with E-state index in [1.807, 2.05) is 31.2 Å². The number of nitrogens with two attached hydrogens (primary N) is 1. The molecule has 0 radical (unpaired) electrons. The van der Waals surface area contributed by atoms with E-state index in [1.165, 1.54) is 17.1 Å². The third-order valence-corrected chi connectivity index (χ3v) is 4.58. The van der Waals surface area contributed by atoms with Gasteiger partial charge in [-0.2, -0.15) is 10.1 Å². The van der Waals surface area contributed by atoms with Crippen molar-refractivity contribution in [3.05, 3.63) is 54.5 Å².